The molecule has 21 heavy (non-hydrogen) atoms. The standard InChI is InChI=1S/C18H34O3/c1-18(2,3)14-12-10-8-6-4-5-7-9-11-13-16-15-20-17(19)21-16/h16H,4-15H2,1-3H3. The van der Waals surface area contributed by atoms with Crippen LogP contribution in [0.4, 0.5) is 4.79 Å². The van der Waals surface area contributed by atoms with E-state index in [1.807, 2.05) is 0 Å². The Morgan fingerprint density at radius 2 is 1.43 bits per heavy atom. The highest BCUT2D eigenvalue weighted by atomic mass is 16.8. The Morgan fingerprint density at radius 1 is 0.905 bits per heavy atom. The molecular weight excluding hydrogens is 264 g/mol. The predicted molar refractivity (Wildman–Crippen MR) is 86.5 cm³/mol. The van der Waals surface area contributed by atoms with E-state index in [0.717, 1.165) is 12.8 Å². The maximum Gasteiger partial charge on any atom is 0.508 e. The van der Waals surface area contributed by atoms with Crippen LogP contribution in [0.15, 0.2) is 0 Å². The lowest BCUT2D eigenvalue weighted by Crippen LogP contribution is -2.09. The van der Waals surface area contributed by atoms with Crippen molar-refractivity contribution < 1.29 is 14.3 Å². The molecule has 1 aliphatic heterocycles. The van der Waals surface area contributed by atoms with Crippen molar-refractivity contribution in [3.05, 3.63) is 0 Å². The molecule has 0 bridgehead atoms. The number of carbonyl (C=O) groups excluding carboxylic acids is 1. The van der Waals surface area contributed by atoms with Crippen molar-refractivity contribution in [3.63, 3.8) is 0 Å². The Balaban J connectivity index is 1.76. The molecule has 1 atom stereocenters. The van der Waals surface area contributed by atoms with E-state index in [-0.39, 0.29) is 6.10 Å². The lowest BCUT2D eigenvalue weighted by atomic mass is 9.89. The topological polar surface area (TPSA) is 35.5 Å². The summed E-state index contributed by atoms with van der Waals surface area (Å²) in [5.74, 6) is 0. The number of rotatable bonds is 11. The van der Waals surface area contributed by atoms with Gasteiger partial charge in [-0.3, -0.25) is 0 Å². The van der Waals surface area contributed by atoms with Gasteiger partial charge in [0, 0.05) is 0 Å². The number of unbranched alkanes of at least 4 members (excludes halogenated alkanes) is 8. The molecule has 0 aliphatic carbocycles. The highest BCUT2D eigenvalue weighted by Crippen LogP contribution is 2.22. The van der Waals surface area contributed by atoms with Crippen molar-refractivity contribution in [1.82, 2.24) is 0 Å². The fourth-order valence-electron chi connectivity index (χ4n) is 2.77. The van der Waals surface area contributed by atoms with Gasteiger partial charge in [-0.15, -0.1) is 0 Å². The van der Waals surface area contributed by atoms with Gasteiger partial charge in [-0.2, -0.15) is 0 Å². The van der Waals surface area contributed by atoms with E-state index in [2.05, 4.69) is 20.8 Å². The molecule has 0 aromatic carbocycles. The predicted octanol–water partition coefficient (Wildman–Crippen LogP) is 5.86. The molecule has 0 radical (unpaired) electrons. The molecule has 124 valence electrons. The van der Waals surface area contributed by atoms with Crippen LogP contribution in [0.5, 0.6) is 0 Å². The largest absolute Gasteiger partial charge is 0.508 e. The van der Waals surface area contributed by atoms with Gasteiger partial charge in [-0.25, -0.2) is 4.79 Å². The summed E-state index contributed by atoms with van der Waals surface area (Å²) in [5, 5.41) is 0. The van der Waals surface area contributed by atoms with E-state index in [1.54, 1.807) is 0 Å². The maximum absolute atomic E-state index is 10.7. The third-order valence-electron chi connectivity index (χ3n) is 4.10. The Morgan fingerprint density at radius 3 is 1.90 bits per heavy atom. The van der Waals surface area contributed by atoms with E-state index in [0.29, 0.717) is 12.0 Å². The maximum atomic E-state index is 10.7. The number of ether oxygens (including phenoxy) is 2. The first-order valence-corrected chi connectivity index (χ1v) is 8.81. The van der Waals surface area contributed by atoms with Crippen molar-refractivity contribution in [2.75, 3.05) is 6.61 Å². The first-order chi connectivity index (χ1) is 9.97. The van der Waals surface area contributed by atoms with Gasteiger partial charge in [0.1, 0.15) is 12.7 Å². The number of hydrogen-bond acceptors (Lipinski definition) is 3. The molecule has 3 nitrogen and oxygen atoms in total. The summed E-state index contributed by atoms with van der Waals surface area (Å²) in [6.07, 6.45) is 13.8. The zero-order chi connectivity index (χ0) is 15.6. The molecule has 1 saturated heterocycles. The molecule has 0 spiro atoms. The summed E-state index contributed by atoms with van der Waals surface area (Å²) in [4.78, 5) is 10.7. The SMILES string of the molecule is CC(C)(C)CCCCCCCCCCCC1COC(=O)O1. The number of cyclic esters (lactones) is 2. The molecule has 3 heteroatoms. The second-order valence-electron chi connectivity index (χ2n) is 7.58. The summed E-state index contributed by atoms with van der Waals surface area (Å²) in [7, 11) is 0. The smallest absolute Gasteiger partial charge is 0.430 e. The van der Waals surface area contributed by atoms with Crippen LogP contribution in [0.1, 0.15) is 91.4 Å². The molecule has 1 heterocycles. The fraction of sp³-hybridized carbons (Fsp3) is 0.944. The van der Waals surface area contributed by atoms with Gasteiger partial charge in [-0.1, -0.05) is 72.1 Å². The molecule has 0 saturated carbocycles. The highest BCUT2D eigenvalue weighted by Gasteiger charge is 2.23. The van der Waals surface area contributed by atoms with Crippen LogP contribution in [-0.4, -0.2) is 18.9 Å². The summed E-state index contributed by atoms with van der Waals surface area (Å²) in [6.45, 7) is 7.43. The summed E-state index contributed by atoms with van der Waals surface area (Å²) >= 11 is 0. The molecule has 0 aromatic rings. The zero-order valence-electron chi connectivity index (χ0n) is 14.3. The summed E-state index contributed by atoms with van der Waals surface area (Å²) < 4.78 is 9.77. The minimum Gasteiger partial charge on any atom is -0.430 e. The lowest BCUT2D eigenvalue weighted by molar-refractivity contribution is 0.115. The first-order valence-electron chi connectivity index (χ1n) is 8.81. The first kappa shape index (κ1) is 18.3. The van der Waals surface area contributed by atoms with Crippen LogP contribution in [0, 0.1) is 5.41 Å². The molecule has 1 rings (SSSR count). The molecule has 1 aliphatic rings. The third kappa shape index (κ3) is 10.6. The van der Waals surface area contributed by atoms with Gasteiger partial charge in [-0.05, 0) is 24.7 Å². The quantitative estimate of drug-likeness (QED) is 0.354. The monoisotopic (exact) mass is 298 g/mol. The van der Waals surface area contributed by atoms with Gasteiger partial charge in [0.25, 0.3) is 0 Å². The summed E-state index contributed by atoms with van der Waals surface area (Å²) in [5.41, 5.74) is 0.499. The summed E-state index contributed by atoms with van der Waals surface area (Å²) in [6, 6.07) is 0. The van der Waals surface area contributed by atoms with Crippen molar-refractivity contribution in [2.24, 2.45) is 5.41 Å². The van der Waals surface area contributed by atoms with E-state index in [1.165, 1.54) is 57.8 Å². The van der Waals surface area contributed by atoms with Crippen LogP contribution in [0.3, 0.4) is 0 Å². The highest BCUT2D eigenvalue weighted by molar-refractivity contribution is 5.61. The second-order valence-corrected chi connectivity index (χ2v) is 7.58. The lowest BCUT2D eigenvalue weighted by Gasteiger charge is -2.17. The average molecular weight is 298 g/mol. The minimum atomic E-state index is -0.494. The van der Waals surface area contributed by atoms with Gasteiger partial charge < -0.3 is 9.47 Å². The van der Waals surface area contributed by atoms with Crippen LogP contribution in [-0.2, 0) is 9.47 Å². The Bertz CT molecular complexity index is 281. The van der Waals surface area contributed by atoms with Crippen molar-refractivity contribution in [1.29, 1.82) is 0 Å². The fourth-order valence-corrected chi connectivity index (χ4v) is 2.77. The van der Waals surface area contributed by atoms with Crippen molar-refractivity contribution in [2.45, 2.75) is 97.5 Å². The van der Waals surface area contributed by atoms with Crippen LogP contribution >= 0.6 is 0 Å². The van der Waals surface area contributed by atoms with E-state index in [4.69, 9.17) is 9.47 Å². The van der Waals surface area contributed by atoms with E-state index in [9.17, 15) is 4.79 Å². The Kier molecular flexibility index (Phi) is 8.79. The molecular formula is C18H34O3. The molecule has 0 N–H and O–H groups in total. The second kappa shape index (κ2) is 10.1. The van der Waals surface area contributed by atoms with Crippen molar-refractivity contribution in [3.8, 4) is 0 Å². The van der Waals surface area contributed by atoms with Gasteiger partial charge in [0.15, 0.2) is 0 Å². The molecule has 1 unspecified atom stereocenters. The molecule has 1 fully saturated rings. The Labute approximate surface area is 130 Å². The normalized spacial score (nSPS) is 18.6. The number of carbonyl (C=O) groups is 1. The molecule has 0 aromatic heterocycles. The van der Waals surface area contributed by atoms with Crippen LogP contribution < -0.4 is 0 Å². The molecule has 0 amide bonds. The Hall–Kier alpha value is -0.730. The minimum absolute atomic E-state index is 0.0142. The average Bonchev–Trinajstić information content (AvgIpc) is 2.80. The van der Waals surface area contributed by atoms with Gasteiger partial charge in [0.05, 0.1) is 0 Å². The zero-order valence-corrected chi connectivity index (χ0v) is 14.3. The van der Waals surface area contributed by atoms with Crippen LogP contribution in [0.25, 0.3) is 0 Å². The van der Waals surface area contributed by atoms with Crippen LogP contribution in [0.2, 0.25) is 0 Å². The van der Waals surface area contributed by atoms with Gasteiger partial charge in [0.2, 0.25) is 0 Å². The third-order valence-corrected chi connectivity index (χ3v) is 4.10. The van der Waals surface area contributed by atoms with E-state index >= 15 is 0 Å². The van der Waals surface area contributed by atoms with E-state index < -0.39 is 6.16 Å². The number of hydrogen-bond donors (Lipinski definition) is 0. The van der Waals surface area contributed by atoms with Crippen molar-refractivity contribution >= 4 is 6.16 Å². The van der Waals surface area contributed by atoms with Gasteiger partial charge >= 0.3 is 6.16 Å².